The van der Waals surface area contributed by atoms with Gasteiger partial charge in [0, 0.05) is 10.5 Å². The zero-order valence-electron chi connectivity index (χ0n) is 11.4. The second-order valence-electron chi connectivity index (χ2n) is 5.73. The molecule has 0 radical (unpaired) electrons. The van der Waals surface area contributed by atoms with E-state index in [1.54, 1.807) is 0 Å². The highest BCUT2D eigenvalue weighted by Crippen LogP contribution is 2.30. The van der Waals surface area contributed by atoms with Crippen molar-refractivity contribution in [2.75, 3.05) is 6.54 Å². The van der Waals surface area contributed by atoms with E-state index in [0.29, 0.717) is 11.5 Å². The van der Waals surface area contributed by atoms with Gasteiger partial charge in [-0.3, -0.25) is 0 Å². The molecule has 0 aliphatic carbocycles. The largest absolute Gasteiger partial charge is 0.310 e. The molecule has 1 atom stereocenters. The quantitative estimate of drug-likeness (QED) is 0.813. The van der Waals surface area contributed by atoms with Crippen LogP contribution in [0.5, 0.6) is 0 Å². The molecule has 1 nitrogen and oxygen atoms in total. The van der Waals surface area contributed by atoms with Gasteiger partial charge in [0.1, 0.15) is 0 Å². The lowest BCUT2D eigenvalue weighted by Gasteiger charge is -2.24. The van der Waals surface area contributed by atoms with Crippen LogP contribution in [0.15, 0.2) is 28.7 Å². The fraction of sp³-hybridized carbons (Fsp3) is 0.600. The molecule has 0 aromatic heterocycles. The molecule has 0 amide bonds. The predicted molar refractivity (Wildman–Crippen MR) is 79.2 cm³/mol. The van der Waals surface area contributed by atoms with Gasteiger partial charge in [-0.25, -0.2) is 0 Å². The molecule has 0 aliphatic heterocycles. The summed E-state index contributed by atoms with van der Waals surface area (Å²) in [4.78, 5) is 0. The van der Waals surface area contributed by atoms with Crippen LogP contribution >= 0.6 is 15.9 Å². The predicted octanol–water partition coefficient (Wildman–Crippen LogP) is 4.93. The minimum atomic E-state index is 0.398. The van der Waals surface area contributed by atoms with Crippen molar-refractivity contribution in [1.82, 2.24) is 5.32 Å². The number of rotatable bonds is 5. The molecule has 0 aliphatic rings. The zero-order valence-corrected chi connectivity index (χ0v) is 13.0. The Morgan fingerprint density at radius 1 is 1.24 bits per heavy atom. The van der Waals surface area contributed by atoms with Gasteiger partial charge in [-0.15, -0.1) is 0 Å². The lowest BCUT2D eigenvalue weighted by molar-refractivity contribution is 0.333. The SMILES string of the molecule is CCNC(CCC(C)(C)C)c1ccccc1Br. The molecule has 1 N–H and O–H groups in total. The Hall–Kier alpha value is -0.340. The molecule has 0 heterocycles. The van der Waals surface area contributed by atoms with Gasteiger partial charge in [-0.2, -0.15) is 0 Å². The highest BCUT2D eigenvalue weighted by molar-refractivity contribution is 9.10. The minimum Gasteiger partial charge on any atom is -0.310 e. The maximum atomic E-state index is 3.65. The smallest absolute Gasteiger partial charge is 0.0331 e. The molecular weight excluding hydrogens is 274 g/mol. The van der Waals surface area contributed by atoms with Crippen molar-refractivity contribution in [3.63, 3.8) is 0 Å². The summed E-state index contributed by atoms with van der Waals surface area (Å²) >= 11 is 3.65. The summed E-state index contributed by atoms with van der Waals surface area (Å²) in [7, 11) is 0. The Morgan fingerprint density at radius 3 is 2.41 bits per heavy atom. The topological polar surface area (TPSA) is 12.0 Å². The summed E-state index contributed by atoms with van der Waals surface area (Å²) < 4.78 is 1.21. The maximum absolute atomic E-state index is 3.65. The van der Waals surface area contributed by atoms with E-state index in [0.717, 1.165) is 6.54 Å². The number of nitrogens with one attached hydrogen (secondary N) is 1. The van der Waals surface area contributed by atoms with E-state index in [-0.39, 0.29) is 0 Å². The average Bonchev–Trinajstić information content (AvgIpc) is 2.24. The highest BCUT2D eigenvalue weighted by Gasteiger charge is 2.17. The standard InChI is InChI=1S/C15H24BrN/c1-5-17-14(10-11-15(2,3)4)12-8-6-7-9-13(12)16/h6-9,14,17H,5,10-11H2,1-4H3. The summed E-state index contributed by atoms with van der Waals surface area (Å²) in [6, 6.07) is 8.97. The molecule has 0 bridgehead atoms. The number of halogens is 1. The van der Waals surface area contributed by atoms with Gasteiger partial charge in [0.2, 0.25) is 0 Å². The second kappa shape index (κ2) is 6.55. The molecule has 2 heteroatoms. The third-order valence-electron chi connectivity index (χ3n) is 2.91. The first-order valence-corrected chi connectivity index (χ1v) is 7.21. The first-order chi connectivity index (χ1) is 7.94. The van der Waals surface area contributed by atoms with Crippen LogP contribution in [-0.4, -0.2) is 6.54 Å². The van der Waals surface area contributed by atoms with Crippen LogP contribution in [0.4, 0.5) is 0 Å². The van der Waals surface area contributed by atoms with Crippen LogP contribution < -0.4 is 5.32 Å². The Morgan fingerprint density at radius 2 is 1.88 bits per heavy atom. The molecule has 1 rings (SSSR count). The Kier molecular flexibility index (Phi) is 5.68. The van der Waals surface area contributed by atoms with Crippen molar-refractivity contribution in [1.29, 1.82) is 0 Å². The van der Waals surface area contributed by atoms with Crippen molar-refractivity contribution >= 4 is 15.9 Å². The summed E-state index contributed by atoms with van der Waals surface area (Å²) in [5.74, 6) is 0. The lowest BCUT2D eigenvalue weighted by atomic mass is 9.87. The molecule has 0 fully saturated rings. The fourth-order valence-corrected chi connectivity index (χ4v) is 2.51. The Balaban J connectivity index is 2.75. The van der Waals surface area contributed by atoms with E-state index < -0.39 is 0 Å². The molecule has 1 unspecified atom stereocenters. The van der Waals surface area contributed by atoms with Crippen molar-refractivity contribution in [3.05, 3.63) is 34.3 Å². The van der Waals surface area contributed by atoms with Crippen LogP contribution in [0.1, 0.15) is 52.1 Å². The van der Waals surface area contributed by atoms with Gasteiger partial charge < -0.3 is 5.32 Å². The number of hydrogen-bond donors (Lipinski definition) is 1. The van der Waals surface area contributed by atoms with Gasteiger partial charge in [0.25, 0.3) is 0 Å². The molecule has 0 spiro atoms. The summed E-state index contributed by atoms with van der Waals surface area (Å²) in [6.45, 7) is 10.1. The van der Waals surface area contributed by atoms with Crippen molar-refractivity contribution in [2.45, 2.75) is 46.6 Å². The first kappa shape index (κ1) is 14.7. The molecule has 1 aromatic rings. The molecular formula is C15H24BrN. The average molecular weight is 298 g/mol. The second-order valence-corrected chi connectivity index (χ2v) is 6.59. The summed E-state index contributed by atoms with van der Waals surface area (Å²) in [5.41, 5.74) is 1.77. The van der Waals surface area contributed by atoms with Gasteiger partial charge >= 0.3 is 0 Å². The van der Waals surface area contributed by atoms with Crippen LogP contribution in [0.2, 0.25) is 0 Å². The van der Waals surface area contributed by atoms with Gasteiger partial charge in [-0.05, 0) is 36.4 Å². The lowest BCUT2D eigenvalue weighted by Crippen LogP contribution is -2.23. The van der Waals surface area contributed by atoms with Crippen LogP contribution in [-0.2, 0) is 0 Å². The van der Waals surface area contributed by atoms with E-state index in [1.807, 2.05) is 0 Å². The van der Waals surface area contributed by atoms with Crippen LogP contribution in [0, 0.1) is 5.41 Å². The van der Waals surface area contributed by atoms with E-state index in [9.17, 15) is 0 Å². The van der Waals surface area contributed by atoms with Crippen molar-refractivity contribution < 1.29 is 0 Å². The molecule has 0 saturated heterocycles. The van der Waals surface area contributed by atoms with E-state index in [4.69, 9.17) is 0 Å². The third kappa shape index (κ3) is 5.22. The normalized spacial score (nSPS) is 13.7. The monoisotopic (exact) mass is 297 g/mol. The fourth-order valence-electron chi connectivity index (χ4n) is 1.95. The van der Waals surface area contributed by atoms with Crippen LogP contribution in [0.25, 0.3) is 0 Å². The highest BCUT2D eigenvalue weighted by atomic mass is 79.9. The molecule has 17 heavy (non-hydrogen) atoms. The van der Waals surface area contributed by atoms with E-state index >= 15 is 0 Å². The van der Waals surface area contributed by atoms with E-state index in [2.05, 4.69) is 73.2 Å². The molecule has 96 valence electrons. The summed E-state index contributed by atoms with van der Waals surface area (Å²) in [6.07, 6.45) is 2.41. The van der Waals surface area contributed by atoms with Gasteiger partial charge in [-0.1, -0.05) is 61.8 Å². The molecule has 0 saturated carbocycles. The van der Waals surface area contributed by atoms with E-state index in [1.165, 1.54) is 22.9 Å². The van der Waals surface area contributed by atoms with Crippen molar-refractivity contribution in [3.8, 4) is 0 Å². The number of benzene rings is 1. The van der Waals surface area contributed by atoms with Crippen molar-refractivity contribution in [2.24, 2.45) is 5.41 Å². The Bertz CT molecular complexity index is 341. The van der Waals surface area contributed by atoms with Gasteiger partial charge in [0.05, 0.1) is 0 Å². The molecule has 1 aromatic carbocycles. The first-order valence-electron chi connectivity index (χ1n) is 6.42. The van der Waals surface area contributed by atoms with Crippen LogP contribution in [0.3, 0.4) is 0 Å². The van der Waals surface area contributed by atoms with Gasteiger partial charge in [0.15, 0.2) is 0 Å². The summed E-state index contributed by atoms with van der Waals surface area (Å²) in [5, 5.41) is 3.58. The maximum Gasteiger partial charge on any atom is 0.0331 e. The minimum absolute atomic E-state index is 0.398. The zero-order chi connectivity index (χ0) is 12.9. The third-order valence-corrected chi connectivity index (χ3v) is 3.64. The number of hydrogen-bond acceptors (Lipinski definition) is 1. The Labute approximate surface area is 114 Å².